The molecule has 2 aromatic heterocycles. The second kappa shape index (κ2) is 11.1. The van der Waals surface area contributed by atoms with Gasteiger partial charge < -0.3 is 10.1 Å². The Morgan fingerprint density at radius 3 is 2.31 bits per heavy atom. The maximum atomic E-state index is 13.0. The number of aromatic nitrogens is 2. The number of benzene rings is 1. The highest BCUT2D eigenvalue weighted by molar-refractivity contribution is 7.98. The Kier molecular flexibility index (Phi) is 8.40. The predicted octanol–water partition coefficient (Wildman–Crippen LogP) is 6.69. The predicted molar refractivity (Wildman–Crippen MR) is 146 cm³/mol. The minimum absolute atomic E-state index is 0.0459. The van der Waals surface area contributed by atoms with Gasteiger partial charge in [0.2, 0.25) is 0 Å². The van der Waals surface area contributed by atoms with Crippen LogP contribution in [0.2, 0.25) is 0 Å². The van der Waals surface area contributed by atoms with Gasteiger partial charge in [0.05, 0.1) is 5.56 Å². The first-order valence-corrected chi connectivity index (χ1v) is 12.7. The summed E-state index contributed by atoms with van der Waals surface area (Å²) in [5.74, 6) is 0.823. The molecule has 190 valence electrons. The lowest BCUT2D eigenvalue weighted by molar-refractivity contribution is 0.0588. The van der Waals surface area contributed by atoms with E-state index in [0.29, 0.717) is 22.2 Å². The molecule has 0 atom stereocenters. The molecular weight excluding hydrogens is 472 g/mol. The Hall–Kier alpha value is -3.39. The van der Waals surface area contributed by atoms with Crippen LogP contribution < -0.4 is 10.2 Å². The summed E-state index contributed by atoms with van der Waals surface area (Å²) in [5, 5.41) is 3.60. The van der Waals surface area contributed by atoms with Gasteiger partial charge in [-0.25, -0.2) is 14.8 Å². The van der Waals surface area contributed by atoms with E-state index in [0.717, 1.165) is 11.3 Å². The number of pyridine rings is 2. The van der Waals surface area contributed by atoms with Crippen molar-refractivity contribution in [1.29, 1.82) is 0 Å². The molecule has 1 aromatic carbocycles. The fourth-order valence-corrected chi connectivity index (χ4v) is 4.17. The van der Waals surface area contributed by atoms with E-state index in [4.69, 9.17) is 4.74 Å². The number of thioether (sulfide) groups is 1. The lowest BCUT2D eigenvalue weighted by atomic mass is 9.87. The smallest absolute Gasteiger partial charge is 0.415 e. The number of nitrogens with zero attached hydrogens (tertiary/aromatic N) is 3. The van der Waals surface area contributed by atoms with Crippen molar-refractivity contribution >= 4 is 35.3 Å². The molecule has 0 aliphatic rings. The molecule has 0 radical (unpaired) electrons. The summed E-state index contributed by atoms with van der Waals surface area (Å²) in [6.07, 6.45) is 2.85. The number of rotatable bonds is 6. The number of ether oxygens (including phenoxy) is 1. The van der Waals surface area contributed by atoms with E-state index in [2.05, 4.69) is 36.1 Å². The lowest BCUT2D eigenvalue weighted by Gasteiger charge is -2.24. The van der Waals surface area contributed by atoms with Crippen molar-refractivity contribution in [3.63, 3.8) is 0 Å². The van der Waals surface area contributed by atoms with Crippen molar-refractivity contribution in [2.24, 2.45) is 0 Å². The SMILES string of the molecule is CN(C(=O)OC(C)(C)C)c1cc(CSc2ncccc2C(=O)Nc2ccc(C(C)(C)C)cc2)ccn1. The molecule has 36 heavy (non-hydrogen) atoms. The van der Waals surface area contributed by atoms with Crippen LogP contribution in [0.5, 0.6) is 0 Å². The third-order valence-electron chi connectivity index (χ3n) is 5.22. The number of carbonyl (C=O) groups is 2. The second-order valence-corrected chi connectivity index (χ2v) is 11.5. The molecule has 0 aliphatic carbocycles. The zero-order chi connectivity index (χ0) is 26.5. The van der Waals surface area contributed by atoms with Crippen molar-refractivity contribution in [1.82, 2.24) is 9.97 Å². The number of hydrogen-bond donors (Lipinski definition) is 1. The fraction of sp³-hybridized carbons (Fsp3) is 0.357. The van der Waals surface area contributed by atoms with E-state index >= 15 is 0 Å². The van der Waals surface area contributed by atoms with Crippen LogP contribution in [0.15, 0.2) is 66.0 Å². The van der Waals surface area contributed by atoms with E-state index in [-0.39, 0.29) is 11.3 Å². The van der Waals surface area contributed by atoms with Crippen LogP contribution in [0, 0.1) is 0 Å². The molecule has 0 spiro atoms. The Morgan fingerprint density at radius 1 is 0.972 bits per heavy atom. The molecule has 7 nitrogen and oxygen atoms in total. The zero-order valence-electron chi connectivity index (χ0n) is 22.0. The summed E-state index contributed by atoms with van der Waals surface area (Å²) in [7, 11) is 1.63. The van der Waals surface area contributed by atoms with Gasteiger partial charge in [0.1, 0.15) is 16.4 Å². The van der Waals surface area contributed by atoms with Crippen molar-refractivity contribution in [2.45, 2.75) is 63.3 Å². The average molecular weight is 507 g/mol. The summed E-state index contributed by atoms with van der Waals surface area (Å²) in [4.78, 5) is 35.5. The van der Waals surface area contributed by atoms with E-state index in [1.54, 1.807) is 31.6 Å². The molecule has 2 amide bonds. The van der Waals surface area contributed by atoms with Gasteiger partial charge in [-0.1, -0.05) is 32.9 Å². The van der Waals surface area contributed by atoms with E-state index in [1.165, 1.54) is 22.2 Å². The van der Waals surface area contributed by atoms with Crippen molar-refractivity contribution < 1.29 is 14.3 Å². The minimum atomic E-state index is -0.594. The normalized spacial score (nSPS) is 11.6. The first-order valence-electron chi connectivity index (χ1n) is 11.7. The molecule has 1 N–H and O–H groups in total. The summed E-state index contributed by atoms with van der Waals surface area (Å²) in [6.45, 7) is 11.9. The first-order chi connectivity index (χ1) is 16.8. The molecule has 3 aromatic rings. The van der Waals surface area contributed by atoms with Gasteiger partial charge in [-0.3, -0.25) is 9.69 Å². The number of amides is 2. The molecular formula is C28H34N4O3S. The molecule has 2 heterocycles. The minimum Gasteiger partial charge on any atom is -0.443 e. The molecule has 0 bridgehead atoms. The number of carbonyl (C=O) groups excluding carboxylic acids is 2. The van der Waals surface area contributed by atoms with Crippen molar-refractivity contribution in [3.05, 3.63) is 77.6 Å². The third-order valence-corrected chi connectivity index (χ3v) is 6.30. The highest BCUT2D eigenvalue weighted by atomic mass is 32.2. The zero-order valence-corrected chi connectivity index (χ0v) is 22.8. The molecule has 0 aliphatic heterocycles. The van der Waals surface area contributed by atoms with Gasteiger partial charge in [-0.05, 0) is 73.7 Å². The molecule has 3 rings (SSSR count). The van der Waals surface area contributed by atoms with Gasteiger partial charge in [-0.15, -0.1) is 11.8 Å². The summed E-state index contributed by atoms with van der Waals surface area (Å²) < 4.78 is 5.42. The Balaban J connectivity index is 1.69. The Morgan fingerprint density at radius 2 is 1.67 bits per heavy atom. The van der Waals surface area contributed by atoms with E-state index < -0.39 is 11.7 Å². The van der Waals surface area contributed by atoms with E-state index in [9.17, 15) is 9.59 Å². The fourth-order valence-electron chi connectivity index (χ4n) is 3.24. The maximum Gasteiger partial charge on any atom is 0.415 e. The highest BCUT2D eigenvalue weighted by Crippen LogP contribution is 2.27. The molecule has 0 fully saturated rings. The molecule has 8 heteroatoms. The van der Waals surface area contributed by atoms with Gasteiger partial charge >= 0.3 is 6.09 Å². The molecule has 0 unspecified atom stereocenters. The van der Waals surface area contributed by atoms with Gasteiger partial charge in [0.25, 0.3) is 5.91 Å². The second-order valence-electron chi connectivity index (χ2n) is 10.5. The van der Waals surface area contributed by atoms with Crippen molar-refractivity contribution in [2.75, 3.05) is 17.3 Å². The highest BCUT2D eigenvalue weighted by Gasteiger charge is 2.21. The molecule has 0 saturated carbocycles. The van der Waals surface area contributed by atoms with Crippen LogP contribution >= 0.6 is 11.8 Å². The van der Waals surface area contributed by atoms with Crippen LogP contribution in [0.1, 0.15) is 63.0 Å². The Bertz CT molecular complexity index is 1210. The lowest BCUT2D eigenvalue weighted by Crippen LogP contribution is -2.34. The quantitative estimate of drug-likeness (QED) is 0.375. The van der Waals surface area contributed by atoms with Crippen LogP contribution in [0.4, 0.5) is 16.3 Å². The number of nitrogens with one attached hydrogen (secondary N) is 1. The summed E-state index contributed by atoms with van der Waals surface area (Å²) in [5.41, 5.74) is 2.83. The van der Waals surface area contributed by atoms with E-state index in [1.807, 2.05) is 57.2 Å². The van der Waals surface area contributed by atoms with Gasteiger partial charge in [0.15, 0.2) is 0 Å². The van der Waals surface area contributed by atoms with Crippen LogP contribution in [0.25, 0.3) is 0 Å². The maximum absolute atomic E-state index is 13.0. The largest absolute Gasteiger partial charge is 0.443 e. The first kappa shape index (κ1) is 27.2. The van der Waals surface area contributed by atoms with Crippen LogP contribution in [-0.2, 0) is 15.9 Å². The van der Waals surface area contributed by atoms with Crippen molar-refractivity contribution in [3.8, 4) is 0 Å². The average Bonchev–Trinajstić information content (AvgIpc) is 2.81. The number of anilines is 2. The summed E-state index contributed by atoms with van der Waals surface area (Å²) >= 11 is 1.45. The third kappa shape index (κ3) is 7.55. The topological polar surface area (TPSA) is 84.4 Å². The Labute approximate surface area is 217 Å². The van der Waals surface area contributed by atoms with Gasteiger partial charge in [-0.2, -0.15) is 0 Å². The standard InChI is InChI=1S/C28H34N4O3S/c1-27(2,3)20-10-12-21(13-11-20)31-24(33)22-9-8-15-30-25(22)36-18-19-14-16-29-23(17-19)32(7)26(34)35-28(4,5)6/h8-17H,18H2,1-7H3,(H,31,33). The van der Waals surface area contributed by atoms with Crippen LogP contribution in [-0.4, -0.2) is 34.6 Å². The summed E-state index contributed by atoms with van der Waals surface area (Å²) in [6, 6.07) is 15.1. The van der Waals surface area contributed by atoms with Gasteiger partial charge in [0, 0.05) is 30.9 Å². The van der Waals surface area contributed by atoms with Crippen LogP contribution in [0.3, 0.4) is 0 Å². The monoisotopic (exact) mass is 506 g/mol. The number of hydrogen-bond acceptors (Lipinski definition) is 6. The molecule has 0 saturated heterocycles.